The van der Waals surface area contributed by atoms with Crippen LogP contribution in [0.4, 0.5) is 29.3 Å². The molecule has 2 amide bonds. The summed E-state index contributed by atoms with van der Waals surface area (Å²) in [4.78, 5) is 30.1. The van der Waals surface area contributed by atoms with Crippen LogP contribution in [0.3, 0.4) is 0 Å². The number of hydrogen-bond acceptors (Lipinski definition) is 3. The normalized spacial score (nSPS) is 11.2. The van der Waals surface area contributed by atoms with Gasteiger partial charge in [-0.15, -0.1) is 0 Å². The second kappa shape index (κ2) is 9.68. The van der Waals surface area contributed by atoms with Gasteiger partial charge >= 0.3 is 12.3 Å². The smallest absolute Gasteiger partial charge is 0.433 e. The minimum Gasteiger partial charge on any atom is -0.465 e. The predicted molar refractivity (Wildman–Crippen MR) is 119 cm³/mol. The number of rotatable bonds is 5. The van der Waals surface area contributed by atoms with Gasteiger partial charge in [0.25, 0.3) is 5.91 Å². The van der Waals surface area contributed by atoms with Gasteiger partial charge in [-0.05, 0) is 48.0 Å². The molecule has 0 bridgehead atoms. The average Bonchev–Trinajstić information content (AvgIpc) is 2.78. The number of pyridine rings is 1. The summed E-state index contributed by atoms with van der Waals surface area (Å²) < 4.78 is 38.0. The SMILES string of the molecule is CN(C(=O)c1ccc(N(Cc2cccc(Cl)c2Cl)C(=O)O)cc1)c1ccc(C(F)(F)F)nc1. The Hall–Kier alpha value is -3.30. The van der Waals surface area contributed by atoms with E-state index in [1.165, 1.54) is 31.3 Å². The first kappa shape index (κ1) is 24.3. The van der Waals surface area contributed by atoms with Crippen LogP contribution in [0.15, 0.2) is 60.8 Å². The van der Waals surface area contributed by atoms with Crippen LogP contribution < -0.4 is 9.80 Å². The van der Waals surface area contributed by atoms with Gasteiger partial charge in [0, 0.05) is 18.3 Å². The molecule has 0 atom stereocenters. The lowest BCUT2D eigenvalue weighted by Gasteiger charge is -2.21. The van der Waals surface area contributed by atoms with Crippen LogP contribution in [-0.2, 0) is 12.7 Å². The Morgan fingerprint density at radius 3 is 2.18 bits per heavy atom. The zero-order chi connectivity index (χ0) is 24.3. The van der Waals surface area contributed by atoms with Crippen LogP contribution in [0.5, 0.6) is 0 Å². The first-order chi connectivity index (χ1) is 15.5. The Kier molecular flexibility index (Phi) is 7.14. The molecule has 3 rings (SSSR count). The number of carboxylic acid groups (broad SMARTS) is 1. The van der Waals surface area contributed by atoms with Gasteiger partial charge in [0.15, 0.2) is 0 Å². The number of carbonyl (C=O) groups is 2. The monoisotopic (exact) mass is 497 g/mol. The molecule has 2 aromatic carbocycles. The molecule has 33 heavy (non-hydrogen) atoms. The summed E-state index contributed by atoms with van der Waals surface area (Å²) in [7, 11) is 1.39. The van der Waals surface area contributed by atoms with Crippen LogP contribution in [0.25, 0.3) is 0 Å². The number of halogens is 5. The second-order valence-corrected chi connectivity index (χ2v) is 7.68. The van der Waals surface area contributed by atoms with Crippen molar-refractivity contribution in [3.05, 3.63) is 87.7 Å². The summed E-state index contributed by atoms with van der Waals surface area (Å²) in [6.45, 7) is -0.0703. The van der Waals surface area contributed by atoms with Gasteiger partial charge in [0.1, 0.15) is 5.69 Å². The standard InChI is InChI=1S/C22H16Cl2F3N3O3/c1-29(16-9-10-18(28-11-16)22(25,26)27)20(31)13-5-7-15(8-6-13)30(21(32)33)12-14-3-2-4-17(23)19(14)24/h2-11H,12H2,1H3,(H,32,33). The van der Waals surface area contributed by atoms with E-state index in [0.29, 0.717) is 10.6 Å². The highest BCUT2D eigenvalue weighted by Gasteiger charge is 2.32. The van der Waals surface area contributed by atoms with Crippen molar-refractivity contribution < 1.29 is 27.9 Å². The van der Waals surface area contributed by atoms with Crippen LogP contribution in [0.1, 0.15) is 21.6 Å². The molecule has 1 heterocycles. The second-order valence-electron chi connectivity index (χ2n) is 6.89. The van der Waals surface area contributed by atoms with Gasteiger partial charge in [-0.1, -0.05) is 35.3 Å². The lowest BCUT2D eigenvalue weighted by Crippen LogP contribution is -2.29. The third-order valence-corrected chi connectivity index (χ3v) is 5.61. The third-order valence-electron chi connectivity index (χ3n) is 4.75. The number of anilines is 2. The molecular formula is C22H16Cl2F3N3O3. The Bertz CT molecular complexity index is 1170. The highest BCUT2D eigenvalue weighted by molar-refractivity contribution is 6.42. The van der Waals surface area contributed by atoms with Crippen molar-refractivity contribution in [1.82, 2.24) is 4.98 Å². The van der Waals surface area contributed by atoms with Crippen molar-refractivity contribution in [2.75, 3.05) is 16.8 Å². The van der Waals surface area contributed by atoms with Crippen molar-refractivity contribution in [1.29, 1.82) is 0 Å². The fourth-order valence-electron chi connectivity index (χ4n) is 2.96. The van der Waals surface area contributed by atoms with Gasteiger partial charge in [-0.25, -0.2) is 9.78 Å². The van der Waals surface area contributed by atoms with Gasteiger partial charge in [-0.3, -0.25) is 9.69 Å². The highest BCUT2D eigenvalue weighted by Crippen LogP contribution is 2.30. The van der Waals surface area contributed by atoms with Gasteiger partial charge in [0.2, 0.25) is 0 Å². The predicted octanol–water partition coefficient (Wildman–Crippen LogP) is 6.37. The molecule has 0 aliphatic heterocycles. The molecule has 0 fully saturated rings. The Balaban J connectivity index is 1.79. The highest BCUT2D eigenvalue weighted by atomic mass is 35.5. The number of aromatic nitrogens is 1. The van der Waals surface area contributed by atoms with E-state index in [1.54, 1.807) is 18.2 Å². The van der Waals surface area contributed by atoms with E-state index in [0.717, 1.165) is 28.1 Å². The molecule has 0 aliphatic carbocycles. The molecule has 11 heteroatoms. The summed E-state index contributed by atoms with van der Waals surface area (Å²) >= 11 is 12.1. The molecule has 0 spiro atoms. The van der Waals surface area contributed by atoms with E-state index in [2.05, 4.69) is 4.98 Å². The number of alkyl halides is 3. The largest absolute Gasteiger partial charge is 0.465 e. The third kappa shape index (κ3) is 5.55. The van der Waals surface area contributed by atoms with E-state index in [-0.39, 0.29) is 28.5 Å². The molecule has 1 N–H and O–H groups in total. The van der Waals surface area contributed by atoms with E-state index in [1.807, 2.05) is 0 Å². The molecule has 3 aromatic rings. The summed E-state index contributed by atoms with van der Waals surface area (Å²) in [5.74, 6) is -0.511. The minimum absolute atomic E-state index is 0.0703. The molecule has 6 nitrogen and oxygen atoms in total. The molecular weight excluding hydrogens is 482 g/mol. The Morgan fingerprint density at radius 2 is 1.64 bits per heavy atom. The van der Waals surface area contributed by atoms with Crippen molar-refractivity contribution in [2.45, 2.75) is 12.7 Å². The van der Waals surface area contributed by atoms with Crippen molar-refractivity contribution in [3.63, 3.8) is 0 Å². The van der Waals surface area contributed by atoms with Gasteiger partial charge in [-0.2, -0.15) is 13.2 Å². The van der Waals surface area contributed by atoms with Crippen LogP contribution in [-0.4, -0.2) is 29.1 Å². The average molecular weight is 498 g/mol. The molecule has 172 valence electrons. The van der Waals surface area contributed by atoms with E-state index >= 15 is 0 Å². The van der Waals surface area contributed by atoms with Crippen LogP contribution in [0, 0.1) is 0 Å². The Morgan fingerprint density at radius 1 is 1.00 bits per heavy atom. The molecule has 0 radical (unpaired) electrons. The maximum atomic E-state index is 12.7. The number of nitrogens with zero attached hydrogens (tertiary/aromatic N) is 3. The quantitative estimate of drug-likeness (QED) is 0.444. The fourth-order valence-corrected chi connectivity index (χ4v) is 3.34. The van der Waals surface area contributed by atoms with Crippen molar-refractivity contribution in [2.24, 2.45) is 0 Å². The molecule has 0 unspecified atom stereocenters. The van der Waals surface area contributed by atoms with Crippen LogP contribution >= 0.6 is 23.2 Å². The fraction of sp³-hybridized carbons (Fsp3) is 0.136. The van der Waals surface area contributed by atoms with Gasteiger partial charge < -0.3 is 10.0 Å². The lowest BCUT2D eigenvalue weighted by atomic mass is 10.1. The zero-order valence-corrected chi connectivity index (χ0v) is 18.5. The topological polar surface area (TPSA) is 73.7 Å². The van der Waals surface area contributed by atoms with E-state index in [4.69, 9.17) is 23.2 Å². The molecule has 1 aromatic heterocycles. The lowest BCUT2D eigenvalue weighted by molar-refractivity contribution is -0.141. The molecule has 0 saturated carbocycles. The zero-order valence-electron chi connectivity index (χ0n) is 17.0. The molecule has 0 saturated heterocycles. The van der Waals surface area contributed by atoms with Crippen molar-refractivity contribution >= 4 is 46.6 Å². The number of carbonyl (C=O) groups excluding carboxylic acids is 1. The first-order valence-electron chi connectivity index (χ1n) is 9.33. The summed E-state index contributed by atoms with van der Waals surface area (Å²) in [6.07, 6.45) is -4.86. The number of hydrogen-bond donors (Lipinski definition) is 1. The summed E-state index contributed by atoms with van der Waals surface area (Å²) in [5, 5.41) is 10.2. The van der Waals surface area contributed by atoms with Gasteiger partial charge in [0.05, 0.1) is 28.5 Å². The summed E-state index contributed by atoms with van der Waals surface area (Å²) in [5.41, 5.74) is 0.0901. The number of amides is 2. The maximum Gasteiger partial charge on any atom is 0.433 e. The number of benzene rings is 2. The van der Waals surface area contributed by atoms with E-state index in [9.17, 15) is 27.9 Å². The molecule has 0 aliphatic rings. The van der Waals surface area contributed by atoms with E-state index < -0.39 is 23.9 Å². The Labute approximate surface area is 196 Å². The minimum atomic E-state index is -4.58. The van der Waals surface area contributed by atoms with Crippen molar-refractivity contribution in [3.8, 4) is 0 Å². The first-order valence-corrected chi connectivity index (χ1v) is 10.1. The van der Waals surface area contributed by atoms with Crippen LogP contribution in [0.2, 0.25) is 10.0 Å². The summed E-state index contributed by atoms with van der Waals surface area (Å²) in [6, 6.07) is 12.5. The maximum absolute atomic E-state index is 12.7.